The molecular weight excluding hydrogens is 492 g/mol. The number of aromatic nitrogens is 2. The largest absolute Gasteiger partial charge is 0.354 e. The normalized spacial score (nSPS) is 12.4. The van der Waals surface area contributed by atoms with Crippen LogP contribution in [0.3, 0.4) is 0 Å². The van der Waals surface area contributed by atoms with Gasteiger partial charge in [-0.2, -0.15) is 4.72 Å². The Balaban J connectivity index is 1.58. The number of rotatable bonds is 9. The smallest absolute Gasteiger partial charge is 0.330 e. The lowest BCUT2D eigenvalue weighted by molar-refractivity contribution is -0.122. The van der Waals surface area contributed by atoms with Gasteiger partial charge in [-0.1, -0.05) is 60.7 Å². The van der Waals surface area contributed by atoms with Crippen molar-refractivity contribution < 1.29 is 13.2 Å². The van der Waals surface area contributed by atoms with E-state index in [1.807, 2.05) is 30.3 Å². The standard InChI is InChI=1S/C27H28N4O5S/c1-30-23-16-15-21(18-22(23)26(33)31(2)27(30)34)37(35,36)29-24(20-13-7-4-8-14-20)25(32)28-17-9-12-19-10-5-3-6-11-19/h3-8,10-11,13-16,18,24,29H,9,12,17H2,1-2H3,(H,28,32)/t24-/m1/s1. The molecule has 0 unspecified atom stereocenters. The Morgan fingerprint density at radius 1 is 0.892 bits per heavy atom. The first kappa shape index (κ1) is 26.1. The van der Waals surface area contributed by atoms with Gasteiger partial charge in [0.2, 0.25) is 15.9 Å². The second kappa shape index (κ2) is 10.9. The van der Waals surface area contributed by atoms with Crippen LogP contribution in [0.5, 0.6) is 0 Å². The molecule has 0 saturated carbocycles. The third kappa shape index (κ3) is 5.71. The van der Waals surface area contributed by atoms with Crippen LogP contribution in [0.4, 0.5) is 0 Å². The molecule has 0 fully saturated rings. The topological polar surface area (TPSA) is 119 Å². The number of nitrogens with zero attached hydrogens (tertiary/aromatic N) is 2. The number of hydrogen-bond donors (Lipinski definition) is 2. The zero-order valence-corrected chi connectivity index (χ0v) is 21.4. The Bertz CT molecular complexity index is 1650. The molecule has 0 aliphatic heterocycles. The first-order chi connectivity index (χ1) is 17.7. The molecule has 1 atom stereocenters. The average molecular weight is 521 g/mol. The third-order valence-corrected chi connectivity index (χ3v) is 7.62. The zero-order valence-electron chi connectivity index (χ0n) is 20.5. The lowest BCUT2D eigenvalue weighted by Crippen LogP contribution is -2.41. The summed E-state index contributed by atoms with van der Waals surface area (Å²) in [6, 6.07) is 21.2. The molecule has 1 amide bonds. The van der Waals surface area contributed by atoms with Crippen molar-refractivity contribution in [2.24, 2.45) is 14.1 Å². The summed E-state index contributed by atoms with van der Waals surface area (Å²) < 4.78 is 31.4. The van der Waals surface area contributed by atoms with Crippen LogP contribution in [0, 0.1) is 0 Å². The summed E-state index contributed by atoms with van der Waals surface area (Å²) in [7, 11) is -1.38. The van der Waals surface area contributed by atoms with Crippen LogP contribution < -0.4 is 21.3 Å². The molecule has 192 valence electrons. The SMILES string of the molecule is Cn1c(=O)c2cc(S(=O)(=O)N[C@@H](C(=O)NCCCc3ccccc3)c3ccccc3)ccc2n(C)c1=O. The fourth-order valence-electron chi connectivity index (χ4n) is 4.13. The van der Waals surface area contributed by atoms with Gasteiger partial charge >= 0.3 is 5.69 Å². The molecule has 0 spiro atoms. The second-order valence-corrected chi connectivity index (χ2v) is 10.4. The lowest BCUT2D eigenvalue weighted by Gasteiger charge is -2.19. The van der Waals surface area contributed by atoms with Gasteiger partial charge in [-0.05, 0) is 42.2 Å². The van der Waals surface area contributed by atoms with Gasteiger partial charge in [-0.25, -0.2) is 13.2 Å². The summed E-state index contributed by atoms with van der Waals surface area (Å²) in [5.41, 5.74) is 0.816. The van der Waals surface area contributed by atoms with Crippen LogP contribution in [0.1, 0.15) is 23.6 Å². The van der Waals surface area contributed by atoms with E-state index in [1.54, 1.807) is 30.3 Å². The van der Waals surface area contributed by atoms with Gasteiger partial charge in [-0.15, -0.1) is 0 Å². The first-order valence-electron chi connectivity index (χ1n) is 11.8. The van der Waals surface area contributed by atoms with Crippen molar-refractivity contribution in [1.82, 2.24) is 19.2 Å². The molecular formula is C27H28N4O5S. The molecule has 0 aliphatic rings. The maximum Gasteiger partial charge on any atom is 0.330 e. The summed E-state index contributed by atoms with van der Waals surface area (Å²) >= 11 is 0. The van der Waals surface area contributed by atoms with Crippen molar-refractivity contribution >= 4 is 26.8 Å². The minimum Gasteiger partial charge on any atom is -0.354 e. The Labute approximate surface area is 214 Å². The molecule has 0 aliphatic carbocycles. The van der Waals surface area contributed by atoms with Crippen LogP contribution in [-0.4, -0.2) is 30.0 Å². The average Bonchev–Trinajstić information content (AvgIpc) is 2.92. The van der Waals surface area contributed by atoms with Crippen LogP contribution in [0.15, 0.2) is 93.3 Å². The number of nitrogens with one attached hydrogen (secondary N) is 2. The van der Waals surface area contributed by atoms with Crippen molar-refractivity contribution in [2.45, 2.75) is 23.8 Å². The molecule has 0 saturated heterocycles. The predicted octanol–water partition coefficient (Wildman–Crippen LogP) is 2.01. The molecule has 4 aromatic rings. The van der Waals surface area contributed by atoms with Crippen molar-refractivity contribution in [3.05, 3.63) is 111 Å². The fourth-order valence-corrected chi connectivity index (χ4v) is 5.34. The highest BCUT2D eigenvalue weighted by molar-refractivity contribution is 7.89. The highest BCUT2D eigenvalue weighted by Crippen LogP contribution is 2.20. The predicted molar refractivity (Wildman–Crippen MR) is 142 cm³/mol. The molecule has 37 heavy (non-hydrogen) atoms. The van der Waals surface area contributed by atoms with Crippen molar-refractivity contribution in [3.8, 4) is 0 Å². The van der Waals surface area contributed by atoms with Crippen LogP contribution in [0.2, 0.25) is 0 Å². The molecule has 0 radical (unpaired) electrons. The van der Waals surface area contributed by atoms with Gasteiger partial charge in [0.1, 0.15) is 6.04 Å². The van der Waals surface area contributed by atoms with Crippen molar-refractivity contribution in [2.75, 3.05) is 6.54 Å². The van der Waals surface area contributed by atoms with E-state index in [1.165, 1.54) is 36.9 Å². The number of aryl methyl sites for hydroxylation is 2. The molecule has 1 heterocycles. The van der Waals surface area contributed by atoms with Crippen molar-refractivity contribution in [1.29, 1.82) is 0 Å². The molecule has 3 aromatic carbocycles. The maximum atomic E-state index is 13.4. The number of hydrogen-bond acceptors (Lipinski definition) is 5. The Hall–Kier alpha value is -4.02. The van der Waals surface area contributed by atoms with E-state index in [-0.39, 0.29) is 10.3 Å². The highest BCUT2D eigenvalue weighted by atomic mass is 32.2. The molecule has 10 heteroatoms. The van der Waals surface area contributed by atoms with Gasteiger partial charge in [-0.3, -0.25) is 18.7 Å². The summed E-state index contributed by atoms with van der Waals surface area (Å²) in [5.74, 6) is -0.484. The molecule has 4 rings (SSSR count). The summed E-state index contributed by atoms with van der Waals surface area (Å²) in [5, 5.41) is 2.91. The van der Waals surface area contributed by atoms with Crippen molar-refractivity contribution in [3.63, 3.8) is 0 Å². The zero-order chi connectivity index (χ0) is 26.6. The van der Waals surface area contributed by atoms with Gasteiger partial charge in [0.15, 0.2) is 0 Å². The maximum absolute atomic E-state index is 13.4. The van der Waals surface area contributed by atoms with Gasteiger partial charge < -0.3 is 5.32 Å². The van der Waals surface area contributed by atoms with Gasteiger partial charge in [0.25, 0.3) is 5.56 Å². The number of amides is 1. The van der Waals surface area contributed by atoms with Crippen LogP contribution >= 0.6 is 0 Å². The minimum atomic E-state index is -4.22. The fraction of sp³-hybridized carbons (Fsp3) is 0.222. The van der Waals surface area contributed by atoms with E-state index in [0.29, 0.717) is 24.0 Å². The summed E-state index contributed by atoms with van der Waals surface area (Å²) in [6.07, 6.45) is 1.47. The van der Waals surface area contributed by atoms with Crippen LogP contribution in [-0.2, 0) is 35.3 Å². The molecule has 9 nitrogen and oxygen atoms in total. The van der Waals surface area contributed by atoms with Gasteiger partial charge in [0, 0.05) is 20.6 Å². The van der Waals surface area contributed by atoms with E-state index in [0.717, 1.165) is 16.6 Å². The number of carbonyl (C=O) groups excluding carboxylic acids is 1. The van der Waals surface area contributed by atoms with E-state index < -0.39 is 33.2 Å². The Kier molecular flexibility index (Phi) is 7.70. The number of sulfonamides is 1. The number of carbonyl (C=O) groups is 1. The third-order valence-electron chi connectivity index (χ3n) is 6.20. The molecule has 2 N–H and O–H groups in total. The second-order valence-electron chi connectivity index (χ2n) is 8.73. The Morgan fingerprint density at radius 2 is 1.54 bits per heavy atom. The Morgan fingerprint density at radius 3 is 2.22 bits per heavy atom. The summed E-state index contributed by atoms with van der Waals surface area (Å²) in [6.45, 7) is 0.374. The molecule has 0 bridgehead atoms. The highest BCUT2D eigenvalue weighted by Gasteiger charge is 2.27. The van der Waals surface area contributed by atoms with Crippen LogP contribution in [0.25, 0.3) is 10.9 Å². The monoisotopic (exact) mass is 520 g/mol. The quantitative estimate of drug-likeness (QED) is 0.327. The number of fused-ring (bicyclic) bond motifs is 1. The van der Waals surface area contributed by atoms with E-state index in [2.05, 4.69) is 10.0 Å². The van der Waals surface area contributed by atoms with E-state index >= 15 is 0 Å². The minimum absolute atomic E-state index is 0.0779. The van der Waals surface area contributed by atoms with E-state index in [9.17, 15) is 22.8 Å². The molecule has 1 aromatic heterocycles. The first-order valence-corrected chi connectivity index (χ1v) is 13.3. The summed E-state index contributed by atoms with van der Waals surface area (Å²) in [4.78, 5) is 37.8. The van der Waals surface area contributed by atoms with E-state index in [4.69, 9.17) is 0 Å². The number of benzene rings is 3. The van der Waals surface area contributed by atoms with Gasteiger partial charge in [0.05, 0.1) is 15.8 Å². The lowest BCUT2D eigenvalue weighted by atomic mass is 10.1.